The summed E-state index contributed by atoms with van der Waals surface area (Å²) in [4.78, 5) is 10.0. The average Bonchev–Trinajstić information content (AvgIpc) is 3.03. The van der Waals surface area contributed by atoms with E-state index in [9.17, 15) is 8.42 Å². The van der Waals surface area contributed by atoms with E-state index in [1.807, 2.05) is 13.1 Å². The van der Waals surface area contributed by atoms with E-state index in [2.05, 4.69) is 20.6 Å². The third-order valence-corrected chi connectivity index (χ3v) is 6.49. The SMILES string of the molecule is CN=C(NCCc1ncc(C)s1)NCc1ccc(S(=O)(=O)N(C)C)cc1.I. The molecule has 0 aliphatic rings. The number of guanidine groups is 1. The van der Waals surface area contributed by atoms with Gasteiger partial charge in [0.2, 0.25) is 10.0 Å². The number of halogens is 1. The van der Waals surface area contributed by atoms with Gasteiger partial charge in [-0.1, -0.05) is 12.1 Å². The van der Waals surface area contributed by atoms with Gasteiger partial charge < -0.3 is 10.6 Å². The van der Waals surface area contributed by atoms with Gasteiger partial charge in [-0.25, -0.2) is 17.7 Å². The van der Waals surface area contributed by atoms with Gasteiger partial charge >= 0.3 is 0 Å². The van der Waals surface area contributed by atoms with Crippen LogP contribution in [0.2, 0.25) is 0 Å². The molecule has 10 heteroatoms. The van der Waals surface area contributed by atoms with Gasteiger partial charge in [-0.15, -0.1) is 35.3 Å². The number of thiazole rings is 1. The molecule has 0 saturated carbocycles. The maximum atomic E-state index is 12.1. The molecule has 0 radical (unpaired) electrons. The molecule has 1 aromatic carbocycles. The Balaban J connectivity index is 0.00000364. The summed E-state index contributed by atoms with van der Waals surface area (Å²) >= 11 is 1.70. The van der Waals surface area contributed by atoms with E-state index in [0.717, 1.165) is 23.5 Å². The minimum atomic E-state index is -3.39. The number of nitrogens with zero attached hydrogens (tertiary/aromatic N) is 3. The fraction of sp³-hybridized carbons (Fsp3) is 0.412. The summed E-state index contributed by atoms with van der Waals surface area (Å²) in [5.41, 5.74) is 0.973. The molecular weight excluding hydrogens is 497 g/mol. The molecule has 0 saturated heterocycles. The van der Waals surface area contributed by atoms with Crippen LogP contribution < -0.4 is 10.6 Å². The third-order valence-electron chi connectivity index (χ3n) is 3.69. The van der Waals surface area contributed by atoms with Crippen molar-refractivity contribution in [2.24, 2.45) is 4.99 Å². The summed E-state index contributed by atoms with van der Waals surface area (Å²) in [6.45, 7) is 3.34. The van der Waals surface area contributed by atoms with Crippen LogP contribution in [0.1, 0.15) is 15.4 Å². The molecule has 1 aromatic heterocycles. The first kappa shape index (κ1) is 23.8. The highest BCUT2D eigenvalue weighted by molar-refractivity contribution is 14.0. The van der Waals surface area contributed by atoms with E-state index in [0.29, 0.717) is 12.5 Å². The Morgan fingerprint density at radius 1 is 1.22 bits per heavy atom. The van der Waals surface area contributed by atoms with Gasteiger partial charge in [0.25, 0.3) is 0 Å². The summed E-state index contributed by atoms with van der Waals surface area (Å²) in [6, 6.07) is 6.84. The van der Waals surface area contributed by atoms with E-state index in [1.54, 1.807) is 42.6 Å². The predicted molar refractivity (Wildman–Crippen MR) is 121 cm³/mol. The van der Waals surface area contributed by atoms with Gasteiger partial charge in [0, 0.05) is 51.7 Å². The first-order valence-corrected chi connectivity index (χ1v) is 10.5. The highest BCUT2D eigenvalue weighted by atomic mass is 127. The van der Waals surface area contributed by atoms with Crippen molar-refractivity contribution in [2.45, 2.75) is 24.8 Å². The molecule has 0 fully saturated rings. The molecule has 0 unspecified atom stereocenters. The molecule has 0 amide bonds. The van der Waals surface area contributed by atoms with Crippen molar-refractivity contribution in [1.29, 1.82) is 0 Å². The number of rotatable bonds is 7. The van der Waals surface area contributed by atoms with Gasteiger partial charge in [0.05, 0.1) is 9.90 Å². The van der Waals surface area contributed by atoms with Crippen LogP contribution in [0.4, 0.5) is 0 Å². The molecule has 2 rings (SSSR count). The lowest BCUT2D eigenvalue weighted by atomic mass is 10.2. The Labute approximate surface area is 182 Å². The zero-order chi connectivity index (χ0) is 19.2. The van der Waals surface area contributed by atoms with E-state index >= 15 is 0 Å². The van der Waals surface area contributed by atoms with Crippen LogP contribution >= 0.6 is 35.3 Å². The third kappa shape index (κ3) is 7.01. The number of nitrogens with one attached hydrogen (secondary N) is 2. The molecule has 2 aromatic rings. The molecule has 0 aliphatic carbocycles. The van der Waals surface area contributed by atoms with Crippen molar-refractivity contribution in [1.82, 2.24) is 19.9 Å². The molecule has 150 valence electrons. The normalized spacial score (nSPS) is 12.0. The van der Waals surface area contributed by atoms with Crippen molar-refractivity contribution in [3.05, 3.63) is 45.9 Å². The monoisotopic (exact) mass is 523 g/mol. The second-order valence-electron chi connectivity index (χ2n) is 5.90. The Morgan fingerprint density at radius 3 is 2.41 bits per heavy atom. The Morgan fingerprint density at radius 2 is 1.89 bits per heavy atom. The van der Waals surface area contributed by atoms with Gasteiger partial charge in [-0.2, -0.15) is 0 Å². The average molecular weight is 523 g/mol. The fourth-order valence-corrected chi connectivity index (χ4v) is 3.89. The lowest BCUT2D eigenvalue weighted by molar-refractivity contribution is 0.520. The number of sulfonamides is 1. The molecule has 0 spiro atoms. The van der Waals surface area contributed by atoms with Crippen molar-refractivity contribution >= 4 is 51.3 Å². The fourth-order valence-electron chi connectivity index (χ4n) is 2.20. The number of benzene rings is 1. The molecule has 0 aliphatic heterocycles. The largest absolute Gasteiger partial charge is 0.356 e. The second-order valence-corrected chi connectivity index (χ2v) is 9.37. The van der Waals surface area contributed by atoms with Crippen LogP contribution in [-0.2, 0) is 23.0 Å². The predicted octanol–water partition coefficient (Wildman–Crippen LogP) is 2.23. The molecule has 0 atom stereocenters. The van der Waals surface area contributed by atoms with Crippen molar-refractivity contribution < 1.29 is 8.42 Å². The lowest BCUT2D eigenvalue weighted by Crippen LogP contribution is -2.37. The molecule has 0 bridgehead atoms. The van der Waals surface area contributed by atoms with Crippen LogP contribution in [0, 0.1) is 6.92 Å². The van der Waals surface area contributed by atoms with Gasteiger partial charge in [0.1, 0.15) is 0 Å². The molecule has 7 nitrogen and oxygen atoms in total. The smallest absolute Gasteiger partial charge is 0.242 e. The van der Waals surface area contributed by atoms with Crippen LogP contribution in [0.15, 0.2) is 40.4 Å². The van der Waals surface area contributed by atoms with E-state index in [4.69, 9.17) is 0 Å². The van der Waals surface area contributed by atoms with E-state index in [1.165, 1.54) is 23.3 Å². The number of aliphatic imine (C=N–C) groups is 1. The van der Waals surface area contributed by atoms with Gasteiger partial charge in [-0.05, 0) is 24.6 Å². The molecule has 1 heterocycles. The standard InChI is InChI=1S/C17H25N5O2S2.HI/c1-13-11-20-16(25-13)9-10-19-17(18-2)21-12-14-5-7-15(8-6-14)26(23,24)22(3)4;/h5-8,11H,9-10,12H2,1-4H3,(H2,18,19,21);1H. The maximum Gasteiger partial charge on any atom is 0.242 e. The zero-order valence-corrected chi connectivity index (χ0v) is 19.9. The van der Waals surface area contributed by atoms with Crippen LogP contribution in [0.25, 0.3) is 0 Å². The summed E-state index contributed by atoms with van der Waals surface area (Å²) < 4.78 is 25.3. The number of aryl methyl sites for hydroxylation is 1. The summed E-state index contributed by atoms with van der Waals surface area (Å²) in [7, 11) is 1.37. The van der Waals surface area contributed by atoms with Crippen molar-refractivity contribution in [3.63, 3.8) is 0 Å². The van der Waals surface area contributed by atoms with Crippen LogP contribution in [-0.4, -0.2) is 51.4 Å². The summed E-state index contributed by atoms with van der Waals surface area (Å²) in [5.74, 6) is 0.697. The summed E-state index contributed by atoms with van der Waals surface area (Å²) in [5, 5.41) is 7.57. The minimum absolute atomic E-state index is 0. The first-order valence-electron chi connectivity index (χ1n) is 8.20. The molecular formula is C17H26IN5O2S2. The minimum Gasteiger partial charge on any atom is -0.356 e. The van der Waals surface area contributed by atoms with Crippen LogP contribution in [0.5, 0.6) is 0 Å². The van der Waals surface area contributed by atoms with Gasteiger partial charge in [0.15, 0.2) is 5.96 Å². The van der Waals surface area contributed by atoms with Crippen molar-refractivity contribution in [2.75, 3.05) is 27.7 Å². The molecule has 2 N–H and O–H groups in total. The topological polar surface area (TPSA) is 86.7 Å². The van der Waals surface area contributed by atoms with E-state index < -0.39 is 10.0 Å². The summed E-state index contributed by atoms with van der Waals surface area (Å²) in [6.07, 6.45) is 2.73. The number of hydrogen-bond donors (Lipinski definition) is 2. The van der Waals surface area contributed by atoms with E-state index in [-0.39, 0.29) is 28.9 Å². The Bertz CT molecular complexity index is 848. The Kier molecular flexibility index (Phi) is 9.63. The first-order chi connectivity index (χ1) is 12.3. The number of aromatic nitrogens is 1. The number of hydrogen-bond acceptors (Lipinski definition) is 5. The highest BCUT2D eigenvalue weighted by Crippen LogP contribution is 2.14. The Hall–Kier alpha value is -1.24. The quantitative estimate of drug-likeness (QED) is 0.330. The van der Waals surface area contributed by atoms with Gasteiger partial charge in [-0.3, -0.25) is 4.99 Å². The lowest BCUT2D eigenvalue weighted by Gasteiger charge is -2.13. The second kappa shape index (κ2) is 10.9. The molecule has 27 heavy (non-hydrogen) atoms. The van der Waals surface area contributed by atoms with Crippen LogP contribution in [0.3, 0.4) is 0 Å². The zero-order valence-electron chi connectivity index (χ0n) is 15.9. The van der Waals surface area contributed by atoms with Crippen molar-refractivity contribution in [3.8, 4) is 0 Å². The highest BCUT2D eigenvalue weighted by Gasteiger charge is 2.16. The maximum absolute atomic E-state index is 12.1.